The summed E-state index contributed by atoms with van der Waals surface area (Å²) in [5.41, 5.74) is -0.429. The number of aliphatic hydroxyl groups excluding tert-OH is 1. The molecule has 0 saturated carbocycles. The largest absolute Gasteiger partial charge is 0.508 e. The zero-order valence-corrected chi connectivity index (χ0v) is 18.7. The van der Waals surface area contributed by atoms with E-state index in [2.05, 4.69) is 4.98 Å². The molecular weight excluding hydrogens is 496 g/mol. The number of carbonyl (C=O) groups is 2. The van der Waals surface area contributed by atoms with E-state index in [9.17, 15) is 38.7 Å². The van der Waals surface area contributed by atoms with Crippen LogP contribution in [-0.4, -0.2) is 31.8 Å². The molecule has 0 aliphatic carbocycles. The van der Waals surface area contributed by atoms with Gasteiger partial charge in [-0.1, -0.05) is 35.6 Å². The van der Waals surface area contributed by atoms with Crippen LogP contribution in [0.25, 0.3) is 16.0 Å². The summed E-state index contributed by atoms with van der Waals surface area (Å²) in [5.74, 6) is -5.16. The number of amides is 1. The molecule has 9 nitrogen and oxygen atoms in total. The van der Waals surface area contributed by atoms with Gasteiger partial charge in [-0.05, 0) is 23.8 Å². The van der Waals surface area contributed by atoms with E-state index in [-0.39, 0.29) is 37.9 Å². The van der Waals surface area contributed by atoms with Gasteiger partial charge < -0.3 is 10.2 Å². The van der Waals surface area contributed by atoms with E-state index in [0.29, 0.717) is 5.56 Å². The first-order valence-electron chi connectivity index (χ1n) is 10.3. The molecule has 1 saturated heterocycles. The van der Waals surface area contributed by atoms with Gasteiger partial charge in [0.15, 0.2) is 16.8 Å². The highest BCUT2D eigenvalue weighted by Gasteiger charge is 2.48. The molecule has 3 aromatic carbocycles. The molecule has 5 rings (SSSR count). The van der Waals surface area contributed by atoms with Crippen LogP contribution in [0.1, 0.15) is 17.2 Å². The van der Waals surface area contributed by atoms with Crippen molar-refractivity contribution in [2.75, 3.05) is 4.90 Å². The number of hydrogen-bond donors (Lipinski definition) is 2. The maximum absolute atomic E-state index is 13.8. The first-order valence-corrected chi connectivity index (χ1v) is 11.1. The molecule has 2 N–H and O–H groups in total. The predicted octanol–water partition coefficient (Wildman–Crippen LogP) is 4.81. The van der Waals surface area contributed by atoms with Crippen molar-refractivity contribution < 1.29 is 33.5 Å². The van der Waals surface area contributed by atoms with Crippen LogP contribution < -0.4 is 4.90 Å². The quantitative estimate of drug-likeness (QED) is 0.133. The maximum atomic E-state index is 13.8. The van der Waals surface area contributed by atoms with Gasteiger partial charge in [-0.3, -0.25) is 24.6 Å². The minimum atomic E-state index is -1.25. The van der Waals surface area contributed by atoms with E-state index in [1.54, 1.807) is 0 Å². The second-order valence-corrected chi connectivity index (χ2v) is 8.81. The molecule has 4 aromatic rings. The Hall–Kier alpha value is -4.71. The Bertz CT molecular complexity index is 1580. The van der Waals surface area contributed by atoms with Crippen LogP contribution in [0.3, 0.4) is 0 Å². The van der Waals surface area contributed by atoms with Gasteiger partial charge in [-0.25, -0.2) is 13.8 Å². The number of nitrogens with zero attached hydrogens (tertiary/aromatic N) is 3. The normalized spacial score (nSPS) is 17.2. The lowest BCUT2D eigenvalue weighted by Gasteiger charge is -2.23. The standard InChI is InChI=1S/C24H13F2N3O6S/c25-15-9-17-18(10-16(15)26)36-24(27-17)28-20(11-4-6-14(30)7-5-11)19(22(32)23(28)33)21(31)12-2-1-3-13(8-12)29(34)35/h1-10,20,30-31H/b21-19+. The number of carbonyl (C=O) groups excluding carboxylic acids is 2. The van der Waals surface area contributed by atoms with E-state index in [1.807, 2.05) is 0 Å². The number of phenolic OH excluding ortho intramolecular Hbond substituents is 1. The lowest BCUT2D eigenvalue weighted by molar-refractivity contribution is -0.384. The number of hydrogen-bond acceptors (Lipinski definition) is 8. The molecule has 1 fully saturated rings. The minimum absolute atomic E-state index is 0.0546. The topological polar surface area (TPSA) is 134 Å². The van der Waals surface area contributed by atoms with Gasteiger partial charge in [0.2, 0.25) is 0 Å². The summed E-state index contributed by atoms with van der Waals surface area (Å²) in [4.78, 5) is 42.0. The van der Waals surface area contributed by atoms with Gasteiger partial charge in [-0.15, -0.1) is 0 Å². The average molecular weight is 509 g/mol. The van der Waals surface area contributed by atoms with E-state index in [1.165, 1.54) is 42.5 Å². The Morgan fingerprint density at radius 3 is 2.44 bits per heavy atom. The lowest BCUT2D eigenvalue weighted by Crippen LogP contribution is -2.29. The number of ketones is 1. The SMILES string of the molecule is O=C1C(=O)N(c2nc3cc(F)c(F)cc3s2)C(c2ccc(O)cc2)/C1=C(\O)c1cccc([N+](=O)[O-])c1. The van der Waals surface area contributed by atoms with E-state index in [0.717, 1.165) is 34.4 Å². The molecule has 0 radical (unpaired) electrons. The van der Waals surface area contributed by atoms with Gasteiger partial charge >= 0.3 is 5.91 Å². The number of aromatic hydroxyl groups is 1. The van der Waals surface area contributed by atoms with Crippen molar-refractivity contribution in [1.82, 2.24) is 4.98 Å². The number of anilines is 1. The summed E-state index contributed by atoms with van der Waals surface area (Å²) in [7, 11) is 0. The van der Waals surface area contributed by atoms with E-state index >= 15 is 0 Å². The van der Waals surface area contributed by atoms with Gasteiger partial charge in [0.1, 0.15) is 11.5 Å². The Morgan fingerprint density at radius 2 is 1.75 bits per heavy atom. The third kappa shape index (κ3) is 3.73. The molecule has 36 heavy (non-hydrogen) atoms. The van der Waals surface area contributed by atoms with E-state index < -0.39 is 40.0 Å². The minimum Gasteiger partial charge on any atom is -0.508 e. The molecule has 180 valence electrons. The number of benzene rings is 3. The van der Waals surface area contributed by atoms with Crippen molar-refractivity contribution in [3.05, 3.63) is 99.1 Å². The number of aliphatic hydroxyl groups is 1. The van der Waals surface area contributed by atoms with Crippen LogP contribution in [0.15, 0.2) is 66.2 Å². The highest BCUT2D eigenvalue weighted by atomic mass is 32.1. The fourth-order valence-corrected chi connectivity index (χ4v) is 4.94. The maximum Gasteiger partial charge on any atom is 0.301 e. The molecular formula is C24H13F2N3O6S. The molecule has 1 aliphatic rings. The van der Waals surface area contributed by atoms with Gasteiger partial charge in [0.05, 0.1) is 26.8 Å². The summed E-state index contributed by atoms with van der Waals surface area (Å²) in [6, 6.07) is 10.9. The van der Waals surface area contributed by atoms with Gasteiger partial charge in [0, 0.05) is 23.8 Å². The Balaban J connectivity index is 1.73. The molecule has 12 heteroatoms. The number of rotatable bonds is 4. The van der Waals surface area contributed by atoms with Crippen LogP contribution >= 0.6 is 11.3 Å². The first-order chi connectivity index (χ1) is 17.2. The van der Waals surface area contributed by atoms with Crippen molar-refractivity contribution in [2.45, 2.75) is 6.04 Å². The van der Waals surface area contributed by atoms with E-state index in [4.69, 9.17) is 0 Å². The predicted molar refractivity (Wildman–Crippen MR) is 126 cm³/mol. The molecule has 1 aliphatic heterocycles. The van der Waals surface area contributed by atoms with Crippen LogP contribution in [0.4, 0.5) is 19.6 Å². The molecule has 1 atom stereocenters. The highest BCUT2D eigenvalue weighted by molar-refractivity contribution is 7.22. The monoisotopic (exact) mass is 509 g/mol. The molecule has 0 spiro atoms. The van der Waals surface area contributed by atoms with Gasteiger partial charge in [-0.2, -0.15) is 0 Å². The zero-order chi connectivity index (χ0) is 25.7. The second-order valence-electron chi connectivity index (χ2n) is 7.80. The number of nitro benzene ring substituents is 1. The third-order valence-electron chi connectivity index (χ3n) is 5.61. The second kappa shape index (κ2) is 8.50. The van der Waals surface area contributed by atoms with Crippen molar-refractivity contribution in [3.8, 4) is 5.75 Å². The molecule has 2 heterocycles. The Kier molecular flexibility index (Phi) is 5.44. The summed E-state index contributed by atoms with van der Waals surface area (Å²) in [5, 5.41) is 31.9. The molecule has 1 amide bonds. The molecule has 1 aromatic heterocycles. The number of thiazole rings is 1. The smallest absolute Gasteiger partial charge is 0.301 e. The van der Waals surface area contributed by atoms with Crippen LogP contribution in [0, 0.1) is 21.7 Å². The fraction of sp³-hybridized carbons (Fsp3) is 0.0417. The number of phenols is 1. The van der Waals surface area contributed by atoms with Crippen molar-refractivity contribution in [3.63, 3.8) is 0 Å². The van der Waals surface area contributed by atoms with Crippen molar-refractivity contribution in [2.24, 2.45) is 0 Å². The highest BCUT2D eigenvalue weighted by Crippen LogP contribution is 2.44. The van der Waals surface area contributed by atoms with Crippen LogP contribution in [-0.2, 0) is 9.59 Å². The average Bonchev–Trinajstić information content (AvgIpc) is 3.37. The summed E-state index contributed by atoms with van der Waals surface area (Å²) in [6.07, 6.45) is 0. The Morgan fingerprint density at radius 1 is 1.06 bits per heavy atom. The zero-order valence-electron chi connectivity index (χ0n) is 17.9. The number of aromatic nitrogens is 1. The number of halogens is 2. The molecule has 1 unspecified atom stereocenters. The fourth-order valence-electron chi connectivity index (χ4n) is 3.94. The summed E-state index contributed by atoms with van der Waals surface area (Å²) < 4.78 is 27.7. The van der Waals surface area contributed by atoms with Crippen molar-refractivity contribution >= 4 is 49.8 Å². The number of non-ortho nitro benzene ring substituents is 1. The van der Waals surface area contributed by atoms with Crippen LogP contribution in [0.5, 0.6) is 5.75 Å². The van der Waals surface area contributed by atoms with Crippen LogP contribution in [0.2, 0.25) is 0 Å². The lowest BCUT2D eigenvalue weighted by atomic mass is 9.95. The third-order valence-corrected chi connectivity index (χ3v) is 6.63. The first kappa shape index (κ1) is 23.1. The Labute approximate surface area is 204 Å². The van der Waals surface area contributed by atoms with Gasteiger partial charge in [0.25, 0.3) is 11.5 Å². The summed E-state index contributed by atoms with van der Waals surface area (Å²) >= 11 is 0.833. The number of Topliss-reactive ketones (excluding diaryl/α,β-unsaturated/α-hetero) is 1. The van der Waals surface area contributed by atoms with Crippen molar-refractivity contribution in [1.29, 1.82) is 0 Å². The molecule has 0 bridgehead atoms. The summed E-state index contributed by atoms with van der Waals surface area (Å²) in [6.45, 7) is 0. The number of nitro groups is 1. The number of fused-ring (bicyclic) bond motifs is 1.